The highest BCUT2D eigenvalue weighted by molar-refractivity contribution is 6.00. The average Bonchev–Trinajstić information content (AvgIpc) is 2.92. The number of ether oxygens (including phenoxy) is 1. The van der Waals surface area contributed by atoms with E-state index in [1.165, 1.54) is 4.57 Å². The van der Waals surface area contributed by atoms with Gasteiger partial charge in [-0.15, -0.1) is 0 Å². The monoisotopic (exact) mass is 366 g/mol. The van der Waals surface area contributed by atoms with Gasteiger partial charge in [0.2, 0.25) is 0 Å². The van der Waals surface area contributed by atoms with Crippen molar-refractivity contribution in [2.75, 3.05) is 0 Å². The molecule has 0 radical (unpaired) electrons. The molecule has 6 nitrogen and oxygen atoms in total. The van der Waals surface area contributed by atoms with Crippen LogP contribution in [0.25, 0.3) is 22.2 Å². The van der Waals surface area contributed by atoms with E-state index in [0.717, 1.165) is 11.1 Å². The van der Waals surface area contributed by atoms with Gasteiger partial charge in [0.25, 0.3) is 0 Å². The van der Waals surface area contributed by atoms with Crippen LogP contribution in [0.15, 0.2) is 42.6 Å². The van der Waals surface area contributed by atoms with Crippen molar-refractivity contribution in [3.8, 4) is 11.3 Å². The molecular weight excluding hydrogens is 344 g/mol. The maximum absolute atomic E-state index is 12.3. The number of aromatic carboxylic acids is 1. The summed E-state index contributed by atoms with van der Waals surface area (Å²) < 4.78 is 6.82. The molecule has 2 heterocycles. The molecule has 0 fully saturated rings. The number of pyridine rings is 1. The number of aromatic nitrogens is 2. The first-order valence-corrected chi connectivity index (χ1v) is 8.66. The van der Waals surface area contributed by atoms with E-state index in [4.69, 9.17) is 4.74 Å². The highest BCUT2D eigenvalue weighted by Crippen LogP contribution is 2.30. The molecule has 0 saturated carbocycles. The number of fused-ring (bicyclic) bond motifs is 1. The molecule has 6 heteroatoms. The molecule has 2 aromatic heterocycles. The summed E-state index contributed by atoms with van der Waals surface area (Å²) in [6, 6.07) is 11.1. The lowest BCUT2D eigenvalue weighted by Gasteiger charge is -2.20. The van der Waals surface area contributed by atoms with Gasteiger partial charge in [0.15, 0.2) is 0 Å². The van der Waals surface area contributed by atoms with E-state index in [9.17, 15) is 14.7 Å². The topological polar surface area (TPSA) is 81.4 Å². The normalized spacial score (nSPS) is 11.6. The Bertz CT molecular complexity index is 1030. The van der Waals surface area contributed by atoms with Gasteiger partial charge in [-0.1, -0.05) is 23.8 Å². The number of rotatable bonds is 4. The van der Waals surface area contributed by atoms with Gasteiger partial charge in [-0.05, 0) is 45.9 Å². The van der Waals surface area contributed by atoms with Crippen LogP contribution in [-0.2, 0) is 16.1 Å². The molecule has 0 aliphatic heterocycles. The highest BCUT2D eigenvalue weighted by Gasteiger charge is 2.22. The molecule has 0 spiro atoms. The molecule has 3 aromatic rings. The van der Waals surface area contributed by atoms with Gasteiger partial charge in [0, 0.05) is 17.1 Å². The number of hydrogen-bond acceptors (Lipinski definition) is 4. The van der Waals surface area contributed by atoms with E-state index < -0.39 is 17.5 Å². The molecule has 140 valence electrons. The number of aryl methyl sites for hydroxylation is 1. The molecule has 27 heavy (non-hydrogen) atoms. The van der Waals surface area contributed by atoms with Crippen molar-refractivity contribution in [1.29, 1.82) is 0 Å². The summed E-state index contributed by atoms with van der Waals surface area (Å²) in [5, 5.41) is 10.3. The summed E-state index contributed by atoms with van der Waals surface area (Å²) in [6.07, 6.45) is 1.62. The molecule has 1 N–H and O–H groups in total. The number of esters is 1. The lowest BCUT2D eigenvalue weighted by Crippen LogP contribution is -2.27. The predicted molar refractivity (Wildman–Crippen MR) is 103 cm³/mol. The van der Waals surface area contributed by atoms with Crippen molar-refractivity contribution < 1.29 is 19.4 Å². The summed E-state index contributed by atoms with van der Waals surface area (Å²) in [5.41, 5.74) is 2.67. The van der Waals surface area contributed by atoms with Gasteiger partial charge in [0.1, 0.15) is 17.8 Å². The van der Waals surface area contributed by atoms with Crippen LogP contribution in [0.1, 0.15) is 36.8 Å². The van der Waals surface area contributed by atoms with E-state index in [1.807, 2.05) is 31.2 Å². The zero-order chi connectivity index (χ0) is 19.8. The van der Waals surface area contributed by atoms with Gasteiger partial charge in [0.05, 0.1) is 11.2 Å². The fraction of sp³-hybridized carbons (Fsp3) is 0.286. The Morgan fingerprint density at radius 1 is 1.19 bits per heavy atom. The highest BCUT2D eigenvalue weighted by atomic mass is 16.6. The molecule has 0 saturated heterocycles. The number of nitrogens with zero attached hydrogens (tertiary/aromatic N) is 2. The van der Waals surface area contributed by atoms with Crippen LogP contribution >= 0.6 is 0 Å². The van der Waals surface area contributed by atoms with Gasteiger partial charge in [-0.25, -0.2) is 4.79 Å². The van der Waals surface area contributed by atoms with Crippen molar-refractivity contribution >= 4 is 22.8 Å². The molecule has 0 aliphatic carbocycles. The molecule has 0 unspecified atom stereocenters. The Morgan fingerprint density at radius 2 is 1.93 bits per heavy atom. The average molecular weight is 366 g/mol. The SMILES string of the molecule is Cc1cccc(-c2nccc3c2cc(C(=O)O)n3CC(=O)OC(C)(C)C)c1. The third kappa shape index (κ3) is 4.00. The molecule has 0 amide bonds. The Morgan fingerprint density at radius 3 is 2.56 bits per heavy atom. The Kier molecular flexibility index (Phi) is 4.74. The first-order valence-electron chi connectivity index (χ1n) is 8.66. The van der Waals surface area contributed by atoms with Gasteiger partial charge in [-0.3, -0.25) is 9.78 Å². The Hall–Kier alpha value is -3.15. The summed E-state index contributed by atoms with van der Waals surface area (Å²) in [6.45, 7) is 7.13. The lowest BCUT2D eigenvalue weighted by molar-refractivity contribution is -0.155. The van der Waals surface area contributed by atoms with Crippen LogP contribution in [0.5, 0.6) is 0 Å². The van der Waals surface area contributed by atoms with Crippen molar-refractivity contribution in [2.24, 2.45) is 0 Å². The minimum Gasteiger partial charge on any atom is -0.477 e. The first-order chi connectivity index (χ1) is 12.7. The smallest absolute Gasteiger partial charge is 0.352 e. The quantitative estimate of drug-likeness (QED) is 0.705. The number of carboxylic acid groups (broad SMARTS) is 1. The van der Waals surface area contributed by atoms with E-state index in [1.54, 1.807) is 39.1 Å². The van der Waals surface area contributed by atoms with Crippen molar-refractivity contribution in [3.63, 3.8) is 0 Å². The zero-order valence-electron chi connectivity index (χ0n) is 15.8. The molecular formula is C21H22N2O4. The molecule has 3 rings (SSSR count). The van der Waals surface area contributed by atoms with Crippen LogP contribution < -0.4 is 0 Å². The van der Waals surface area contributed by atoms with Crippen molar-refractivity contribution in [1.82, 2.24) is 9.55 Å². The number of carbonyl (C=O) groups excluding carboxylic acids is 1. The summed E-state index contributed by atoms with van der Waals surface area (Å²) in [5.74, 6) is -1.60. The Labute approximate surface area is 157 Å². The van der Waals surface area contributed by atoms with Gasteiger partial charge < -0.3 is 14.4 Å². The van der Waals surface area contributed by atoms with Crippen molar-refractivity contribution in [3.05, 3.63) is 53.9 Å². The fourth-order valence-electron chi connectivity index (χ4n) is 3.06. The molecule has 0 aliphatic rings. The van der Waals surface area contributed by atoms with Crippen molar-refractivity contribution in [2.45, 2.75) is 39.8 Å². The van der Waals surface area contributed by atoms with Crippen LogP contribution in [0.4, 0.5) is 0 Å². The maximum Gasteiger partial charge on any atom is 0.352 e. The second-order valence-corrected chi connectivity index (χ2v) is 7.47. The molecule has 0 bridgehead atoms. The standard InChI is InChI=1S/C21H22N2O4/c1-13-6-5-7-14(10-13)19-15-11-17(20(25)26)23(16(15)8-9-22-19)12-18(24)27-21(2,3)4/h5-11H,12H2,1-4H3,(H,25,26). The zero-order valence-corrected chi connectivity index (χ0v) is 15.8. The third-order valence-electron chi connectivity index (χ3n) is 4.05. The predicted octanol–water partition coefficient (Wildman–Crippen LogP) is 4.05. The summed E-state index contributed by atoms with van der Waals surface area (Å²) in [4.78, 5) is 28.5. The van der Waals surface area contributed by atoms with Gasteiger partial charge >= 0.3 is 11.9 Å². The van der Waals surface area contributed by atoms with E-state index in [0.29, 0.717) is 16.6 Å². The van der Waals surface area contributed by atoms with E-state index in [-0.39, 0.29) is 12.2 Å². The minimum absolute atomic E-state index is 0.0257. The number of hydrogen-bond donors (Lipinski definition) is 1. The number of carbonyl (C=O) groups is 2. The van der Waals surface area contributed by atoms with Crippen LogP contribution in [0.3, 0.4) is 0 Å². The largest absolute Gasteiger partial charge is 0.477 e. The van der Waals surface area contributed by atoms with E-state index in [2.05, 4.69) is 4.98 Å². The van der Waals surface area contributed by atoms with Crippen LogP contribution in [0.2, 0.25) is 0 Å². The fourth-order valence-corrected chi connectivity index (χ4v) is 3.06. The summed E-state index contributed by atoms with van der Waals surface area (Å²) in [7, 11) is 0. The molecule has 0 atom stereocenters. The molecule has 1 aromatic carbocycles. The van der Waals surface area contributed by atoms with E-state index >= 15 is 0 Å². The van der Waals surface area contributed by atoms with Gasteiger partial charge in [-0.2, -0.15) is 0 Å². The summed E-state index contributed by atoms with van der Waals surface area (Å²) >= 11 is 0. The second-order valence-electron chi connectivity index (χ2n) is 7.47. The Balaban J connectivity index is 2.14. The van der Waals surface area contributed by atoms with Crippen LogP contribution in [-0.4, -0.2) is 32.2 Å². The third-order valence-corrected chi connectivity index (χ3v) is 4.05. The lowest BCUT2D eigenvalue weighted by atomic mass is 10.1. The van der Waals surface area contributed by atoms with Crippen LogP contribution in [0, 0.1) is 6.92 Å². The maximum atomic E-state index is 12.3. The minimum atomic E-state index is -1.11. The first kappa shape index (κ1) is 18.6. The number of carboxylic acids is 1. The second kappa shape index (κ2) is 6.87. The number of benzene rings is 1.